The van der Waals surface area contributed by atoms with Crippen molar-refractivity contribution in [2.75, 3.05) is 13.3 Å². The maximum Gasteiger partial charge on any atom is 0.254 e. The molecule has 0 atom stereocenters. The van der Waals surface area contributed by atoms with Crippen molar-refractivity contribution in [3.8, 4) is 11.5 Å². The summed E-state index contributed by atoms with van der Waals surface area (Å²) in [5.41, 5.74) is 5.54. The van der Waals surface area contributed by atoms with E-state index in [0.29, 0.717) is 18.7 Å². The molecule has 0 radical (unpaired) electrons. The molecule has 3 aromatic carbocycles. The van der Waals surface area contributed by atoms with Crippen LogP contribution in [0.25, 0.3) is 10.2 Å². The van der Waals surface area contributed by atoms with Crippen LogP contribution in [0.5, 0.6) is 11.5 Å². The first-order valence-corrected chi connectivity index (χ1v) is 10.7. The van der Waals surface area contributed by atoms with Crippen LogP contribution in [0.3, 0.4) is 0 Å². The average molecular weight is 417 g/mol. The third-order valence-electron chi connectivity index (χ3n) is 5.22. The molecule has 0 aliphatic carbocycles. The number of hydrogen-bond donors (Lipinski definition) is 0. The number of para-hydroxylation sites is 1. The number of fused-ring (bicyclic) bond motifs is 2. The first-order chi connectivity index (χ1) is 14.8. The molecule has 2 heterocycles. The van der Waals surface area contributed by atoms with Gasteiger partial charge in [-0.2, -0.15) is 0 Å². The van der Waals surface area contributed by atoms with Gasteiger partial charge in [0.2, 0.25) is 6.79 Å². The second kappa shape index (κ2) is 8.16. The van der Waals surface area contributed by atoms with Crippen LogP contribution in [0, 0.1) is 0 Å². The van der Waals surface area contributed by atoms with Crippen molar-refractivity contribution in [2.24, 2.45) is 0 Å². The maximum absolute atomic E-state index is 13.5. The number of carbonyl (C=O) groups is 1. The summed E-state index contributed by atoms with van der Waals surface area (Å²) >= 11 is 1.54. The smallest absolute Gasteiger partial charge is 0.254 e. The van der Waals surface area contributed by atoms with E-state index in [1.54, 1.807) is 16.8 Å². The molecule has 1 aromatic heterocycles. The van der Waals surface area contributed by atoms with Crippen molar-refractivity contribution in [3.63, 3.8) is 0 Å². The molecule has 30 heavy (non-hydrogen) atoms. The summed E-state index contributed by atoms with van der Waals surface area (Å²) in [6.07, 6.45) is 0.780. The van der Waals surface area contributed by atoms with Crippen molar-refractivity contribution < 1.29 is 14.3 Å². The lowest BCUT2D eigenvalue weighted by molar-refractivity contribution is 0.0744. The van der Waals surface area contributed by atoms with E-state index in [2.05, 4.69) is 17.1 Å². The number of hydrogen-bond acceptors (Lipinski definition) is 5. The van der Waals surface area contributed by atoms with Gasteiger partial charge in [0.1, 0.15) is 0 Å². The third-order valence-corrected chi connectivity index (χ3v) is 6.01. The van der Waals surface area contributed by atoms with Gasteiger partial charge in [-0.15, -0.1) is 11.3 Å². The largest absolute Gasteiger partial charge is 0.454 e. The van der Waals surface area contributed by atoms with Crippen LogP contribution in [0.2, 0.25) is 0 Å². The molecule has 6 heteroatoms. The Morgan fingerprint density at radius 1 is 1.03 bits per heavy atom. The van der Waals surface area contributed by atoms with Gasteiger partial charge in [-0.25, -0.2) is 4.98 Å². The number of rotatable bonds is 6. The van der Waals surface area contributed by atoms with Crippen LogP contribution in [0.1, 0.15) is 21.5 Å². The Kier molecular flexibility index (Phi) is 5.07. The van der Waals surface area contributed by atoms with E-state index in [-0.39, 0.29) is 12.7 Å². The molecule has 4 aromatic rings. The van der Waals surface area contributed by atoms with Gasteiger partial charge < -0.3 is 14.4 Å². The minimum absolute atomic E-state index is 0.00208. The molecule has 0 spiro atoms. The lowest BCUT2D eigenvalue weighted by Crippen LogP contribution is -2.32. The molecule has 1 aliphatic heterocycles. The molecule has 0 saturated carbocycles. The lowest BCUT2D eigenvalue weighted by atomic mass is 10.1. The van der Waals surface area contributed by atoms with Crippen LogP contribution in [-0.4, -0.2) is 29.1 Å². The maximum atomic E-state index is 13.5. The highest BCUT2D eigenvalue weighted by molar-refractivity contribution is 7.16. The highest BCUT2D eigenvalue weighted by Crippen LogP contribution is 2.36. The van der Waals surface area contributed by atoms with Gasteiger partial charge in [-0.05, 0) is 36.2 Å². The van der Waals surface area contributed by atoms with Gasteiger partial charge in [0.15, 0.2) is 11.5 Å². The fraction of sp³-hybridized carbons (Fsp3) is 0.167. The van der Waals surface area contributed by atoms with E-state index in [0.717, 1.165) is 33.7 Å². The first-order valence-electron chi connectivity index (χ1n) is 9.82. The predicted molar refractivity (Wildman–Crippen MR) is 117 cm³/mol. The number of amides is 1. The zero-order valence-electron chi connectivity index (χ0n) is 16.3. The highest BCUT2D eigenvalue weighted by Gasteiger charge is 2.22. The Labute approximate surface area is 178 Å². The molecule has 1 aliphatic rings. The fourth-order valence-corrected chi connectivity index (χ4v) is 4.37. The molecule has 0 fully saturated rings. The number of ether oxygens (including phenoxy) is 2. The van der Waals surface area contributed by atoms with Gasteiger partial charge in [0.25, 0.3) is 5.91 Å². The van der Waals surface area contributed by atoms with Gasteiger partial charge >= 0.3 is 0 Å². The molecule has 1 amide bonds. The molecule has 5 rings (SSSR count). The Morgan fingerprint density at radius 3 is 2.83 bits per heavy atom. The van der Waals surface area contributed by atoms with Crippen LogP contribution in [0.15, 0.2) is 72.2 Å². The molecular formula is C24H20N2O3S. The van der Waals surface area contributed by atoms with Gasteiger partial charge in [0, 0.05) is 24.2 Å². The number of thiazole rings is 1. The van der Waals surface area contributed by atoms with E-state index in [1.807, 2.05) is 59.5 Å². The average Bonchev–Trinajstić information content (AvgIpc) is 3.46. The fourth-order valence-electron chi connectivity index (χ4n) is 3.65. The topological polar surface area (TPSA) is 51.7 Å². The summed E-state index contributed by atoms with van der Waals surface area (Å²) in [5, 5.41) is 0. The van der Waals surface area contributed by atoms with Crippen molar-refractivity contribution in [3.05, 3.63) is 88.9 Å². The zero-order chi connectivity index (χ0) is 20.3. The third kappa shape index (κ3) is 3.74. The molecule has 150 valence electrons. The van der Waals surface area contributed by atoms with Crippen molar-refractivity contribution in [2.45, 2.75) is 13.0 Å². The van der Waals surface area contributed by atoms with Crippen LogP contribution in [-0.2, 0) is 13.0 Å². The summed E-state index contributed by atoms with van der Waals surface area (Å²) < 4.78 is 12.2. The molecule has 0 bridgehead atoms. The molecule has 5 nitrogen and oxygen atoms in total. The zero-order valence-corrected chi connectivity index (χ0v) is 17.1. The molecule has 0 unspecified atom stereocenters. The predicted octanol–water partition coefficient (Wildman–Crippen LogP) is 4.91. The minimum Gasteiger partial charge on any atom is -0.454 e. The SMILES string of the molecule is O=C(c1ccc2ncsc2c1)N(CCc1ccccc1)Cc1cccc2c1OCO2. The molecule has 0 saturated heterocycles. The minimum atomic E-state index is -0.00208. The number of aromatic nitrogens is 1. The number of carbonyl (C=O) groups excluding carboxylic acids is 1. The van der Waals surface area contributed by atoms with Crippen LogP contribution >= 0.6 is 11.3 Å². The van der Waals surface area contributed by atoms with Gasteiger partial charge in [0.05, 0.1) is 15.7 Å². The Hall–Kier alpha value is -3.38. The molecular weight excluding hydrogens is 396 g/mol. The normalized spacial score (nSPS) is 12.3. The van der Waals surface area contributed by atoms with Crippen LogP contribution < -0.4 is 9.47 Å². The number of benzene rings is 3. The van der Waals surface area contributed by atoms with Crippen molar-refractivity contribution in [1.82, 2.24) is 9.88 Å². The quantitative estimate of drug-likeness (QED) is 0.448. The summed E-state index contributed by atoms with van der Waals surface area (Å²) in [6, 6.07) is 21.7. The van der Waals surface area contributed by atoms with Gasteiger partial charge in [-0.3, -0.25) is 4.79 Å². The van der Waals surface area contributed by atoms with E-state index in [9.17, 15) is 4.79 Å². The summed E-state index contributed by atoms with van der Waals surface area (Å²) in [7, 11) is 0. The lowest BCUT2D eigenvalue weighted by Gasteiger charge is -2.24. The highest BCUT2D eigenvalue weighted by atomic mass is 32.1. The van der Waals surface area contributed by atoms with E-state index >= 15 is 0 Å². The summed E-state index contributed by atoms with van der Waals surface area (Å²) in [6.45, 7) is 1.28. The molecule has 0 N–H and O–H groups in total. The van der Waals surface area contributed by atoms with Gasteiger partial charge in [-0.1, -0.05) is 42.5 Å². The van der Waals surface area contributed by atoms with E-state index in [1.165, 1.54) is 5.56 Å². The Bertz CT molecular complexity index is 1190. The Morgan fingerprint density at radius 2 is 1.93 bits per heavy atom. The second-order valence-corrected chi connectivity index (χ2v) is 8.03. The standard InChI is InChI=1S/C24H20N2O3S/c27-24(18-9-10-20-22(13-18)30-15-25-20)26(12-11-17-5-2-1-3-6-17)14-19-7-4-8-21-23(19)29-16-28-21/h1-10,13,15H,11-12,14,16H2. The second-order valence-electron chi connectivity index (χ2n) is 7.15. The van der Waals surface area contributed by atoms with Crippen molar-refractivity contribution >= 4 is 27.5 Å². The summed E-state index contributed by atoms with van der Waals surface area (Å²) in [4.78, 5) is 19.7. The summed E-state index contributed by atoms with van der Waals surface area (Å²) in [5.74, 6) is 1.46. The first kappa shape index (κ1) is 18.6. The number of nitrogens with zero attached hydrogens (tertiary/aromatic N) is 2. The van der Waals surface area contributed by atoms with Crippen molar-refractivity contribution in [1.29, 1.82) is 0 Å². The van der Waals surface area contributed by atoms with E-state index < -0.39 is 0 Å². The monoisotopic (exact) mass is 416 g/mol. The van der Waals surface area contributed by atoms with Crippen LogP contribution in [0.4, 0.5) is 0 Å². The van der Waals surface area contributed by atoms with E-state index in [4.69, 9.17) is 9.47 Å². The Balaban J connectivity index is 1.44.